The summed E-state index contributed by atoms with van der Waals surface area (Å²) in [5.74, 6) is 0.668. The highest BCUT2D eigenvalue weighted by atomic mass is 35.5. The molecule has 1 aliphatic rings. The number of nitrogens with one attached hydrogen (secondary N) is 1. The number of aryl methyl sites for hydroxylation is 1. The van der Waals surface area contributed by atoms with Gasteiger partial charge in [0.15, 0.2) is 0 Å². The Kier molecular flexibility index (Phi) is 4.78. The first-order valence-corrected chi connectivity index (χ1v) is 5.01. The third kappa shape index (κ3) is 3.32. The molecule has 1 aromatic heterocycles. The fraction of sp³-hybridized carbons (Fsp3) is 0.600. The Balaban J connectivity index is 0.00000112. The summed E-state index contributed by atoms with van der Waals surface area (Å²) in [7, 11) is 0. The van der Waals surface area contributed by atoms with Crippen LogP contribution in [-0.4, -0.2) is 29.2 Å². The zero-order chi connectivity index (χ0) is 9.80. The van der Waals surface area contributed by atoms with Gasteiger partial charge in [-0.1, -0.05) is 0 Å². The third-order valence-corrected chi connectivity index (χ3v) is 2.37. The quantitative estimate of drug-likeness (QED) is 0.832. The summed E-state index contributed by atoms with van der Waals surface area (Å²) in [5, 5.41) is 3.30. The van der Waals surface area contributed by atoms with Gasteiger partial charge in [-0.15, -0.1) is 12.4 Å². The summed E-state index contributed by atoms with van der Waals surface area (Å²) in [6.07, 6.45) is 5.87. The molecule has 1 N–H and O–H groups in total. The Bertz CT molecular complexity index is 302. The number of hydrogen-bond donors (Lipinski definition) is 1. The second-order valence-electron chi connectivity index (χ2n) is 3.53. The minimum Gasteiger partial charge on any atom is -0.472 e. The Labute approximate surface area is 95.9 Å². The number of aromatic nitrogens is 2. The fourth-order valence-corrected chi connectivity index (χ4v) is 1.59. The summed E-state index contributed by atoms with van der Waals surface area (Å²) < 4.78 is 5.75. The van der Waals surface area contributed by atoms with Crippen LogP contribution in [-0.2, 0) is 0 Å². The highest BCUT2D eigenvalue weighted by Crippen LogP contribution is 2.14. The molecule has 4 nitrogen and oxygen atoms in total. The number of hydrogen-bond acceptors (Lipinski definition) is 4. The van der Waals surface area contributed by atoms with E-state index in [-0.39, 0.29) is 18.5 Å². The van der Waals surface area contributed by atoms with E-state index in [9.17, 15) is 0 Å². The summed E-state index contributed by atoms with van der Waals surface area (Å²) in [5.41, 5.74) is 0.859. The summed E-state index contributed by atoms with van der Waals surface area (Å²) >= 11 is 0. The summed E-state index contributed by atoms with van der Waals surface area (Å²) in [6.45, 7) is 3.92. The van der Waals surface area contributed by atoms with Crippen molar-refractivity contribution in [1.82, 2.24) is 15.3 Å². The SMILES string of the molecule is Cc1nccnc1O[C@@H]1CCCNC1.Cl. The molecule has 0 unspecified atom stereocenters. The van der Waals surface area contributed by atoms with Crippen molar-refractivity contribution in [2.24, 2.45) is 0 Å². The maximum Gasteiger partial charge on any atom is 0.235 e. The topological polar surface area (TPSA) is 47.0 Å². The highest BCUT2D eigenvalue weighted by molar-refractivity contribution is 5.85. The molecule has 0 spiro atoms. The molecule has 2 heterocycles. The lowest BCUT2D eigenvalue weighted by molar-refractivity contribution is 0.158. The van der Waals surface area contributed by atoms with Gasteiger partial charge in [-0.05, 0) is 26.3 Å². The maximum atomic E-state index is 5.75. The van der Waals surface area contributed by atoms with E-state index in [1.807, 2.05) is 6.92 Å². The summed E-state index contributed by atoms with van der Waals surface area (Å²) in [4.78, 5) is 8.30. The monoisotopic (exact) mass is 229 g/mol. The molecule has 0 saturated carbocycles. The van der Waals surface area contributed by atoms with Crippen LogP contribution in [0.4, 0.5) is 0 Å². The number of ether oxygens (including phenoxy) is 1. The van der Waals surface area contributed by atoms with Crippen LogP contribution < -0.4 is 10.1 Å². The molecule has 1 atom stereocenters. The van der Waals surface area contributed by atoms with Crippen molar-refractivity contribution in [1.29, 1.82) is 0 Å². The molecule has 1 fully saturated rings. The normalized spacial score (nSPS) is 20.5. The largest absolute Gasteiger partial charge is 0.472 e. The average Bonchev–Trinajstić information content (AvgIpc) is 2.23. The molecule has 15 heavy (non-hydrogen) atoms. The minimum atomic E-state index is 0. The first-order chi connectivity index (χ1) is 6.86. The second-order valence-corrected chi connectivity index (χ2v) is 3.53. The molecule has 0 amide bonds. The van der Waals surface area contributed by atoms with E-state index in [1.165, 1.54) is 6.42 Å². The molecule has 1 saturated heterocycles. The van der Waals surface area contributed by atoms with Crippen LogP contribution in [0.15, 0.2) is 12.4 Å². The fourth-order valence-electron chi connectivity index (χ4n) is 1.59. The van der Waals surface area contributed by atoms with Crippen LogP contribution in [0, 0.1) is 6.92 Å². The smallest absolute Gasteiger partial charge is 0.235 e. The molecule has 84 valence electrons. The molecule has 1 aliphatic heterocycles. The lowest BCUT2D eigenvalue weighted by Gasteiger charge is -2.23. The molecule has 5 heteroatoms. The number of rotatable bonds is 2. The van der Waals surface area contributed by atoms with Crippen molar-refractivity contribution in [3.8, 4) is 5.88 Å². The van der Waals surface area contributed by atoms with Crippen molar-refractivity contribution in [3.05, 3.63) is 18.1 Å². The molecule has 0 aromatic carbocycles. The van der Waals surface area contributed by atoms with Crippen molar-refractivity contribution in [2.45, 2.75) is 25.9 Å². The van der Waals surface area contributed by atoms with Crippen molar-refractivity contribution < 1.29 is 4.74 Å². The van der Waals surface area contributed by atoms with Gasteiger partial charge in [-0.2, -0.15) is 0 Å². The molecule has 2 rings (SSSR count). The van der Waals surface area contributed by atoms with Gasteiger partial charge in [0, 0.05) is 18.9 Å². The zero-order valence-corrected chi connectivity index (χ0v) is 9.59. The van der Waals surface area contributed by atoms with Gasteiger partial charge in [-0.3, -0.25) is 4.98 Å². The zero-order valence-electron chi connectivity index (χ0n) is 8.77. The van der Waals surface area contributed by atoms with Crippen LogP contribution in [0.2, 0.25) is 0 Å². The van der Waals surface area contributed by atoms with Gasteiger partial charge in [0.25, 0.3) is 0 Å². The van der Waals surface area contributed by atoms with Crippen molar-refractivity contribution >= 4 is 12.4 Å². The van der Waals surface area contributed by atoms with E-state index in [2.05, 4.69) is 15.3 Å². The first-order valence-electron chi connectivity index (χ1n) is 5.01. The average molecular weight is 230 g/mol. The number of piperidine rings is 1. The molecule has 1 aromatic rings. The van der Waals surface area contributed by atoms with Gasteiger partial charge in [0.05, 0.1) is 5.69 Å². The molecular weight excluding hydrogens is 214 g/mol. The van der Waals surface area contributed by atoms with E-state index in [0.29, 0.717) is 5.88 Å². The van der Waals surface area contributed by atoms with Crippen molar-refractivity contribution in [2.75, 3.05) is 13.1 Å². The molecule has 0 aliphatic carbocycles. The van der Waals surface area contributed by atoms with E-state index in [1.54, 1.807) is 12.4 Å². The van der Waals surface area contributed by atoms with Gasteiger partial charge in [0.2, 0.25) is 5.88 Å². The Morgan fingerprint density at radius 1 is 1.40 bits per heavy atom. The van der Waals surface area contributed by atoms with Crippen LogP contribution in [0.1, 0.15) is 18.5 Å². The Hall–Kier alpha value is -0.870. The van der Waals surface area contributed by atoms with E-state index >= 15 is 0 Å². The minimum absolute atomic E-state index is 0. The number of nitrogens with zero attached hydrogens (tertiary/aromatic N) is 2. The van der Waals surface area contributed by atoms with Crippen LogP contribution >= 0.6 is 12.4 Å². The predicted octanol–water partition coefficient (Wildman–Crippen LogP) is 1.34. The van der Waals surface area contributed by atoms with Gasteiger partial charge in [0.1, 0.15) is 6.10 Å². The van der Waals surface area contributed by atoms with Gasteiger partial charge < -0.3 is 10.1 Å². The maximum absolute atomic E-state index is 5.75. The lowest BCUT2D eigenvalue weighted by atomic mass is 10.1. The summed E-state index contributed by atoms with van der Waals surface area (Å²) in [6, 6.07) is 0. The predicted molar refractivity (Wildman–Crippen MR) is 60.5 cm³/mol. The van der Waals surface area contributed by atoms with Gasteiger partial charge >= 0.3 is 0 Å². The third-order valence-electron chi connectivity index (χ3n) is 2.37. The molecule has 0 radical (unpaired) electrons. The van der Waals surface area contributed by atoms with Gasteiger partial charge in [-0.25, -0.2) is 4.98 Å². The molecule has 0 bridgehead atoms. The van der Waals surface area contributed by atoms with Crippen LogP contribution in [0.3, 0.4) is 0 Å². The Morgan fingerprint density at radius 3 is 2.87 bits per heavy atom. The van der Waals surface area contributed by atoms with E-state index < -0.39 is 0 Å². The Morgan fingerprint density at radius 2 is 2.20 bits per heavy atom. The first kappa shape index (κ1) is 12.2. The molecular formula is C10H16ClN3O. The number of halogens is 1. The standard InChI is InChI=1S/C10H15N3O.ClH/c1-8-10(13-6-5-12-8)14-9-3-2-4-11-7-9;/h5-6,9,11H,2-4,7H2,1H3;1H/t9-;/m1./s1. The van der Waals surface area contributed by atoms with Crippen molar-refractivity contribution in [3.63, 3.8) is 0 Å². The van der Waals surface area contributed by atoms with E-state index in [4.69, 9.17) is 4.74 Å². The van der Waals surface area contributed by atoms with Crippen LogP contribution in [0.5, 0.6) is 5.88 Å². The highest BCUT2D eigenvalue weighted by Gasteiger charge is 2.15. The van der Waals surface area contributed by atoms with Crippen LogP contribution in [0.25, 0.3) is 0 Å². The lowest BCUT2D eigenvalue weighted by Crippen LogP contribution is -2.37. The second kappa shape index (κ2) is 5.88. The van der Waals surface area contributed by atoms with E-state index in [0.717, 1.165) is 25.2 Å².